The molecule has 0 amide bonds. The zero-order chi connectivity index (χ0) is 25.9. The molecular formula is C28H30ClN7O. The van der Waals surface area contributed by atoms with E-state index in [-0.39, 0.29) is 11.7 Å². The third-order valence-electron chi connectivity index (χ3n) is 7.06. The quantitative estimate of drug-likeness (QED) is 0.180. The van der Waals surface area contributed by atoms with E-state index in [4.69, 9.17) is 37.4 Å². The predicted molar refractivity (Wildman–Crippen MR) is 146 cm³/mol. The number of halogens is 1. The Morgan fingerprint density at radius 3 is 2.65 bits per heavy atom. The lowest BCUT2D eigenvalue weighted by atomic mass is 9.82. The van der Waals surface area contributed by atoms with Crippen LogP contribution in [0.4, 0.5) is 0 Å². The third-order valence-corrected chi connectivity index (χ3v) is 7.30. The van der Waals surface area contributed by atoms with Gasteiger partial charge >= 0.3 is 0 Å². The number of hydrogen-bond donors (Lipinski definition) is 2. The van der Waals surface area contributed by atoms with Crippen LogP contribution in [0.5, 0.6) is 0 Å². The van der Waals surface area contributed by atoms with Crippen molar-refractivity contribution in [3.05, 3.63) is 83.7 Å². The van der Waals surface area contributed by atoms with Crippen molar-refractivity contribution in [1.82, 2.24) is 24.5 Å². The van der Waals surface area contributed by atoms with Crippen molar-refractivity contribution in [2.45, 2.75) is 38.3 Å². The highest BCUT2D eigenvalue weighted by Crippen LogP contribution is 2.36. The fourth-order valence-corrected chi connectivity index (χ4v) is 5.34. The molecule has 1 atom stereocenters. The SMILES string of the molecule is C=C[C@H]1CC[C@H](Cn2c(C(OC)c3ccccn3)nc3nc(C(=N)N)nc(-c4cccc(Cl)c4)c32)CC1. The van der Waals surface area contributed by atoms with Crippen molar-refractivity contribution in [3.63, 3.8) is 0 Å². The van der Waals surface area contributed by atoms with Crippen LogP contribution in [0.3, 0.4) is 0 Å². The summed E-state index contributed by atoms with van der Waals surface area (Å²) >= 11 is 6.36. The Bertz CT molecular complexity index is 1430. The van der Waals surface area contributed by atoms with E-state index in [9.17, 15) is 0 Å². The number of pyridine rings is 1. The number of nitrogens with one attached hydrogen (secondary N) is 1. The molecule has 9 heteroatoms. The van der Waals surface area contributed by atoms with Crippen molar-refractivity contribution in [2.75, 3.05) is 7.11 Å². The number of hydrogen-bond acceptors (Lipinski definition) is 6. The van der Waals surface area contributed by atoms with Crippen molar-refractivity contribution >= 4 is 28.6 Å². The third kappa shape index (κ3) is 5.12. The number of imidazole rings is 1. The number of nitrogen functional groups attached to an aromatic ring is 1. The van der Waals surface area contributed by atoms with Gasteiger partial charge in [-0.25, -0.2) is 15.0 Å². The summed E-state index contributed by atoms with van der Waals surface area (Å²) in [6.45, 7) is 4.72. The van der Waals surface area contributed by atoms with E-state index in [1.165, 1.54) is 0 Å². The molecule has 8 nitrogen and oxygen atoms in total. The molecule has 0 saturated heterocycles. The molecule has 1 saturated carbocycles. The molecule has 37 heavy (non-hydrogen) atoms. The first-order chi connectivity index (χ1) is 18.0. The Kier molecular flexibility index (Phi) is 7.30. The van der Waals surface area contributed by atoms with Gasteiger partial charge in [-0.2, -0.15) is 0 Å². The molecule has 1 aliphatic rings. The highest BCUT2D eigenvalue weighted by Gasteiger charge is 2.29. The Hall–Kier alpha value is -3.62. The topological polar surface area (TPSA) is 116 Å². The van der Waals surface area contributed by atoms with Crippen LogP contribution >= 0.6 is 11.6 Å². The zero-order valence-corrected chi connectivity index (χ0v) is 21.5. The van der Waals surface area contributed by atoms with Gasteiger partial charge < -0.3 is 15.0 Å². The maximum atomic E-state index is 8.02. The van der Waals surface area contributed by atoms with E-state index in [2.05, 4.69) is 27.2 Å². The maximum absolute atomic E-state index is 8.02. The van der Waals surface area contributed by atoms with Gasteiger partial charge in [0.15, 0.2) is 23.4 Å². The van der Waals surface area contributed by atoms with Crippen molar-refractivity contribution in [3.8, 4) is 11.3 Å². The van der Waals surface area contributed by atoms with Crippen LogP contribution in [0, 0.1) is 17.2 Å². The number of fused-ring (bicyclic) bond motifs is 1. The van der Waals surface area contributed by atoms with Crippen LogP contribution in [0.2, 0.25) is 5.02 Å². The first-order valence-electron chi connectivity index (χ1n) is 12.4. The van der Waals surface area contributed by atoms with E-state index in [0.29, 0.717) is 34.0 Å². The highest BCUT2D eigenvalue weighted by atomic mass is 35.5. The molecule has 3 heterocycles. The number of rotatable bonds is 8. The van der Waals surface area contributed by atoms with Gasteiger partial charge in [0.1, 0.15) is 17.0 Å². The maximum Gasteiger partial charge on any atom is 0.197 e. The smallest absolute Gasteiger partial charge is 0.197 e. The zero-order valence-electron chi connectivity index (χ0n) is 20.8. The van der Waals surface area contributed by atoms with E-state index < -0.39 is 6.10 Å². The lowest BCUT2D eigenvalue weighted by Gasteiger charge is -2.28. The van der Waals surface area contributed by atoms with Gasteiger partial charge in [0.2, 0.25) is 0 Å². The number of ether oxygens (including phenoxy) is 1. The lowest BCUT2D eigenvalue weighted by molar-refractivity contribution is 0.121. The Balaban J connectivity index is 1.73. The molecule has 1 aromatic carbocycles. The van der Waals surface area contributed by atoms with E-state index in [1.807, 2.05) is 42.5 Å². The van der Waals surface area contributed by atoms with Crippen LogP contribution in [0.1, 0.15) is 49.1 Å². The number of benzene rings is 1. The van der Waals surface area contributed by atoms with Crippen molar-refractivity contribution in [1.29, 1.82) is 5.41 Å². The molecule has 4 aromatic rings. The number of amidine groups is 1. The molecule has 0 bridgehead atoms. The molecule has 3 N–H and O–H groups in total. The summed E-state index contributed by atoms with van der Waals surface area (Å²) in [5, 5.41) is 8.61. The summed E-state index contributed by atoms with van der Waals surface area (Å²) in [5.74, 6) is 1.61. The minimum atomic E-state index is -0.507. The van der Waals surface area contributed by atoms with Gasteiger partial charge in [-0.3, -0.25) is 10.4 Å². The minimum absolute atomic E-state index is 0.122. The van der Waals surface area contributed by atoms with Gasteiger partial charge in [-0.1, -0.05) is 35.9 Å². The molecule has 1 aliphatic carbocycles. The van der Waals surface area contributed by atoms with Gasteiger partial charge in [-0.15, -0.1) is 6.58 Å². The molecule has 0 aliphatic heterocycles. The largest absolute Gasteiger partial charge is 0.381 e. The Morgan fingerprint density at radius 1 is 1.19 bits per heavy atom. The first-order valence-corrected chi connectivity index (χ1v) is 12.8. The van der Waals surface area contributed by atoms with Crippen LogP contribution in [0.25, 0.3) is 22.4 Å². The molecule has 1 fully saturated rings. The summed E-state index contributed by atoms with van der Waals surface area (Å²) in [6, 6.07) is 13.2. The number of nitrogens with two attached hydrogens (primary N) is 1. The van der Waals surface area contributed by atoms with Gasteiger partial charge in [-0.05, 0) is 61.8 Å². The summed E-state index contributed by atoms with van der Waals surface area (Å²) in [6.07, 6.45) is 7.74. The summed E-state index contributed by atoms with van der Waals surface area (Å²) in [4.78, 5) is 18.8. The van der Waals surface area contributed by atoms with Gasteiger partial charge in [0.05, 0.1) is 5.69 Å². The molecule has 5 rings (SSSR count). The second-order valence-electron chi connectivity index (χ2n) is 9.46. The first kappa shape index (κ1) is 25.0. The molecule has 3 aromatic heterocycles. The second-order valence-corrected chi connectivity index (χ2v) is 9.90. The number of methoxy groups -OCH3 is 1. The summed E-state index contributed by atoms with van der Waals surface area (Å²) in [7, 11) is 1.66. The van der Waals surface area contributed by atoms with E-state index >= 15 is 0 Å². The Morgan fingerprint density at radius 2 is 2.00 bits per heavy atom. The highest BCUT2D eigenvalue weighted by molar-refractivity contribution is 6.30. The fraction of sp³-hybridized carbons (Fsp3) is 0.321. The average molecular weight is 516 g/mol. The number of allylic oxidation sites excluding steroid dienone is 1. The van der Waals surface area contributed by atoms with Crippen LogP contribution < -0.4 is 5.73 Å². The molecular weight excluding hydrogens is 486 g/mol. The lowest BCUT2D eigenvalue weighted by Crippen LogP contribution is -2.21. The number of aromatic nitrogens is 5. The standard InChI is InChI=1S/C28H30ClN7O/c1-3-17-10-12-18(13-11-17)16-36-23-22(19-7-6-8-20(29)15-19)33-27(25(30)31)34-26(23)35-28(36)24(37-2)21-9-4-5-14-32-21/h3-9,14-15,17-18,24H,1,10-13,16H2,2H3,(H3,30,31)/t17-,18-,24?. The molecule has 1 unspecified atom stereocenters. The summed E-state index contributed by atoms with van der Waals surface area (Å²) < 4.78 is 8.14. The number of nitrogens with zero attached hydrogens (tertiary/aromatic N) is 5. The molecule has 0 spiro atoms. The van der Waals surface area contributed by atoms with Gasteiger partial charge in [0.25, 0.3) is 0 Å². The van der Waals surface area contributed by atoms with Crippen molar-refractivity contribution in [2.24, 2.45) is 17.6 Å². The average Bonchev–Trinajstić information content (AvgIpc) is 3.27. The molecule has 0 radical (unpaired) electrons. The van der Waals surface area contributed by atoms with E-state index in [0.717, 1.165) is 49.0 Å². The predicted octanol–water partition coefficient (Wildman–Crippen LogP) is 5.55. The van der Waals surface area contributed by atoms with Crippen molar-refractivity contribution < 1.29 is 4.74 Å². The fourth-order valence-electron chi connectivity index (χ4n) is 5.15. The van der Waals surface area contributed by atoms with Crippen LogP contribution in [-0.2, 0) is 11.3 Å². The van der Waals surface area contributed by atoms with Crippen LogP contribution in [0.15, 0.2) is 61.3 Å². The summed E-state index contributed by atoms with van der Waals surface area (Å²) in [5.41, 5.74) is 9.25. The minimum Gasteiger partial charge on any atom is -0.381 e. The Labute approximate surface area is 221 Å². The second kappa shape index (κ2) is 10.8. The molecule has 190 valence electrons. The van der Waals surface area contributed by atoms with Gasteiger partial charge in [0, 0.05) is 30.4 Å². The van der Waals surface area contributed by atoms with Crippen LogP contribution in [-0.4, -0.2) is 37.4 Å². The monoisotopic (exact) mass is 515 g/mol. The normalized spacial score (nSPS) is 18.5. The van der Waals surface area contributed by atoms with E-state index in [1.54, 1.807) is 13.3 Å².